The Bertz CT molecular complexity index is 393. The molecule has 11 heteroatoms. The number of hydrogen-bond acceptors (Lipinski definition) is 11. The molecule has 9 atom stereocenters. The molecule has 0 amide bonds. The number of hydrogen-bond donors (Lipinski definition) is 8. The zero-order valence-corrected chi connectivity index (χ0v) is 12.0. The molecular formula is C12H22O11. The van der Waals surface area contributed by atoms with Crippen LogP contribution in [0.5, 0.6) is 0 Å². The Morgan fingerprint density at radius 2 is 1.39 bits per heavy atom. The van der Waals surface area contributed by atoms with E-state index in [0.29, 0.717) is 0 Å². The van der Waals surface area contributed by atoms with Gasteiger partial charge < -0.3 is 55.1 Å². The summed E-state index contributed by atoms with van der Waals surface area (Å²) in [5, 5.41) is 76.7. The quantitative estimate of drug-likeness (QED) is 0.238. The molecule has 0 spiro atoms. The Balaban J connectivity index is 2.18. The Hall–Kier alpha value is -0.440. The highest BCUT2D eigenvalue weighted by atomic mass is 16.8. The van der Waals surface area contributed by atoms with Gasteiger partial charge in [-0.05, 0) is 0 Å². The minimum Gasteiger partial charge on any atom is -0.394 e. The smallest absolute Gasteiger partial charge is 0.224 e. The van der Waals surface area contributed by atoms with Crippen molar-refractivity contribution in [1.82, 2.24) is 0 Å². The molecule has 0 aliphatic carbocycles. The fourth-order valence-corrected chi connectivity index (χ4v) is 2.63. The number of aliphatic hydroxyl groups excluding tert-OH is 8. The van der Waals surface area contributed by atoms with Crippen LogP contribution in [0.25, 0.3) is 0 Å². The molecule has 2 rings (SSSR count). The van der Waals surface area contributed by atoms with E-state index < -0.39 is 74.6 Å². The van der Waals surface area contributed by atoms with Crippen LogP contribution >= 0.6 is 0 Å². The van der Waals surface area contributed by atoms with E-state index in [0.717, 1.165) is 0 Å². The van der Waals surface area contributed by atoms with Crippen LogP contribution < -0.4 is 0 Å². The number of aliphatic hydroxyl groups is 8. The Kier molecular flexibility index (Phi) is 5.92. The van der Waals surface area contributed by atoms with Gasteiger partial charge in [0.25, 0.3) is 0 Å². The maximum atomic E-state index is 10.00. The molecule has 2 fully saturated rings. The first-order chi connectivity index (χ1) is 10.8. The summed E-state index contributed by atoms with van der Waals surface area (Å²) >= 11 is 0. The van der Waals surface area contributed by atoms with E-state index in [1.807, 2.05) is 0 Å². The zero-order valence-electron chi connectivity index (χ0n) is 12.0. The van der Waals surface area contributed by atoms with Gasteiger partial charge in [-0.15, -0.1) is 0 Å². The minimum atomic E-state index is -2.22. The van der Waals surface area contributed by atoms with E-state index in [1.54, 1.807) is 0 Å². The van der Waals surface area contributed by atoms with Crippen LogP contribution in [0.4, 0.5) is 0 Å². The van der Waals surface area contributed by atoms with Crippen LogP contribution in [0.3, 0.4) is 0 Å². The highest BCUT2D eigenvalue weighted by Crippen LogP contribution is 2.35. The fourth-order valence-electron chi connectivity index (χ4n) is 2.63. The monoisotopic (exact) mass is 342 g/mol. The number of rotatable bonds is 5. The molecule has 2 saturated heterocycles. The first-order valence-electron chi connectivity index (χ1n) is 7.05. The molecule has 0 radical (unpaired) electrons. The van der Waals surface area contributed by atoms with E-state index in [4.69, 9.17) is 24.4 Å². The second kappa shape index (κ2) is 7.21. The van der Waals surface area contributed by atoms with Crippen molar-refractivity contribution in [3.05, 3.63) is 0 Å². The van der Waals surface area contributed by atoms with Crippen LogP contribution in [0.15, 0.2) is 0 Å². The molecule has 0 saturated carbocycles. The normalized spacial score (nSPS) is 51.1. The van der Waals surface area contributed by atoms with Crippen molar-refractivity contribution in [2.75, 3.05) is 19.8 Å². The maximum absolute atomic E-state index is 10.00. The van der Waals surface area contributed by atoms with Crippen molar-refractivity contribution < 1.29 is 55.1 Å². The van der Waals surface area contributed by atoms with E-state index >= 15 is 0 Å². The third-order valence-corrected chi connectivity index (χ3v) is 4.07. The largest absolute Gasteiger partial charge is 0.394 e. The van der Waals surface area contributed by atoms with Crippen molar-refractivity contribution in [2.45, 2.75) is 54.8 Å². The van der Waals surface area contributed by atoms with Gasteiger partial charge in [0, 0.05) is 0 Å². The third-order valence-electron chi connectivity index (χ3n) is 4.07. The second-order valence-corrected chi connectivity index (χ2v) is 5.56. The van der Waals surface area contributed by atoms with Gasteiger partial charge in [0.1, 0.15) is 49.3 Å². The van der Waals surface area contributed by atoms with Crippen molar-refractivity contribution >= 4 is 0 Å². The molecule has 8 N–H and O–H groups in total. The zero-order chi connectivity index (χ0) is 17.4. The van der Waals surface area contributed by atoms with Gasteiger partial charge in [-0.25, -0.2) is 0 Å². The van der Waals surface area contributed by atoms with Gasteiger partial charge in [0.15, 0.2) is 6.29 Å². The molecule has 11 nitrogen and oxygen atoms in total. The molecule has 2 heterocycles. The van der Waals surface area contributed by atoms with Crippen molar-refractivity contribution in [2.24, 2.45) is 0 Å². The minimum absolute atomic E-state index is 0.669. The third kappa shape index (κ3) is 3.23. The number of ether oxygens (including phenoxy) is 3. The summed E-state index contributed by atoms with van der Waals surface area (Å²) in [5.74, 6) is -2.22. The van der Waals surface area contributed by atoms with Crippen molar-refractivity contribution in [3.8, 4) is 0 Å². The molecule has 0 aromatic heterocycles. The molecule has 0 bridgehead atoms. The van der Waals surface area contributed by atoms with E-state index in [1.165, 1.54) is 0 Å². The van der Waals surface area contributed by atoms with Crippen LogP contribution in [-0.2, 0) is 14.2 Å². The van der Waals surface area contributed by atoms with Gasteiger partial charge in [-0.1, -0.05) is 0 Å². The van der Waals surface area contributed by atoms with Gasteiger partial charge in [0.2, 0.25) is 5.79 Å². The lowest BCUT2D eigenvalue weighted by molar-refractivity contribution is -0.383. The van der Waals surface area contributed by atoms with E-state index in [-0.39, 0.29) is 0 Å². The summed E-state index contributed by atoms with van der Waals surface area (Å²) < 4.78 is 15.4. The van der Waals surface area contributed by atoms with E-state index in [2.05, 4.69) is 0 Å². The summed E-state index contributed by atoms with van der Waals surface area (Å²) in [6, 6.07) is 0. The Morgan fingerprint density at radius 1 is 0.783 bits per heavy atom. The van der Waals surface area contributed by atoms with Crippen LogP contribution in [0.1, 0.15) is 0 Å². The van der Waals surface area contributed by atoms with Gasteiger partial charge in [-0.3, -0.25) is 0 Å². The maximum Gasteiger partial charge on any atom is 0.224 e. The lowest BCUT2D eigenvalue weighted by Crippen LogP contribution is -2.62. The molecule has 1 unspecified atom stereocenters. The lowest BCUT2D eigenvalue weighted by Gasteiger charge is -2.43. The van der Waals surface area contributed by atoms with Crippen LogP contribution in [-0.4, -0.2) is 115 Å². The summed E-state index contributed by atoms with van der Waals surface area (Å²) in [6.45, 7) is -2.32. The topological polar surface area (TPSA) is 190 Å². The Labute approximate surface area is 130 Å². The van der Waals surface area contributed by atoms with Crippen molar-refractivity contribution in [3.63, 3.8) is 0 Å². The predicted molar refractivity (Wildman–Crippen MR) is 68.6 cm³/mol. The van der Waals surface area contributed by atoms with Gasteiger partial charge in [-0.2, -0.15) is 0 Å². The van der Waals surface area contributed by atoms with Gasteiger partial charge in [0.05, 0.1) is 13.2 Å². The molecule has 2 aliphatic rings. The summed E-state index contributed by atoms with van der Waals surface area (Å²) in [7, 11) is 0. The summed E-state index contributed by atoms with van der Waals surface area (Å²) in [5.41, 5.74) is 0. The molecule has 0 aromatic carbocycles. The summed E-state index contributed by atoms with van der Waals surface area (Å²) in [4.78, 5) is 0. The first-order valence-corrected chi connectivity index (χ1v) is 7.05. The average molecular weight is 342 g/mol. The predicted octanol–water partition coefficient (Wildman–Crippen LogP) is -5.40. The molecule has 23 heavy (non-hydrogen) atoms. The van der Waals surface area contributed by atoms with Gasteiger partial charge >= 0.3 is 0 Å². The first kappa shape index (κ1) is 18.9. The SMILES string of the molecule is OC[C@H]1OC(CO)(O[C@H]2O[C@H](CO)[C@@H](O)[C@H](O)[C@H]2O)[C@@H](O)[C@@H]1O. The fraction of sp³-hybridized carbons (Fsp3) is 1.00. The second-order valence-electron chi connectivity index (χ2n) is 5.56. The van der Waals surface area contributed by atoms with E-state index in [9.17, 15) is 30.6 Å². The highest BCUT2D eigenvalue weighted by molar-refractivity contribution is 4.98. The standard InChI is InChI=1S/C12H22O11/c13-1-4-6(16)8(18)9(19)11(21-4)23-12(3-15)10(20)7(17)5(2-14)22-12/h4-11,13-20H,1-3H2/t4-,5-,6-,7-,8+,9-,10+,11-,12?/m1/s1. The molecule has 0 aromatic rings. The highest BCUT2D eigenvalue weighted by Gasteiger charge is 2.58. The average Bonchev–Trinajstić information content (AvgIpc) is 2.80. The van der Waals surface area contributed by atoms with Crippen LogP contribution in [0, 0.1) is 0 Å². The van der Waals surface area contributed by atoms with Crippen molar-refractivity contribution in [1.29, 1.82) is 0 Å². The molecule has 2 aliphatic heterocycles. The summed E-state index contributed by atoms with van der Waals surface area (Å²) in [6.07, 6.45) is -12.7. The van der Waals surface area contributed by atoms with Crippen LogP contribution in [0.2, 0.25) is 0 Å². The molecular weight excluding hydrogens is 320 g/mol. The Morgan fingerprint density at radius 3 is 1.87 bits per heavy atom. The molecule has 136 valence electrons. The lowest BCUT2D eigenvalue weighted by atomic mass is 9.99.